The number of oxazole rings is 1. The number of carboxylic acid groups (broad SMARTS) is 1. The maximum Gasteiger partial charge on any atom is 0.335 e. The summed E-state index contributed by atoms with van der Waals surface area (Å²) in [5, 5.41) is 9.38. The summed E-state index contributed by atoms with van der Waals surface area (Å²) in [4.78, 5) is 19.0. The highest BCUT2D eigenvalue weighted by molar-refractivity contribution is 6.32. The maximum absolute atomic E-state index is 10.9. The highest BCUT2D eigenvalue weighted by Crippen LogP contribution is 2.28. The lowest BCUT2D eigenvalue weighted by Crippen LogP contribution is -1.94. The Morgan fingerprint density at radius 1 is 1.10 bits per heavy atom. The Hall–Kier alpha value is -2.11. The van der Waals surface area contributed by atoms with Crippen LogP contribution in [0.25, 0.3) is 22.6 Å². The summed E-state index contributed by atoms with van der Waals surface area (Å²) in [7, 11) is 0. The van der Waals surface area contributed by atoms with Gasteiger partial charge in [-0.2, -0.15) is 0 Å². The number of rotatable bonds is 2. The van der Waals surface area contributed by atoms with Crippen molar-refractivity contribution in [2.75, 3.05) is 0 Å². The number of halogens is 2. The lowest BCUT2D eigenvalue weighted by Gasteiger charge is -1.96. The molecule has 0 bridgehead atoms. The number of carboxylic acids is 1. The van der Waals surface area contributed by atoms with E-state index in [9.17, 15) is 4.79 Å². The van der Waals surface area contributed by atoms with Crippen molar-refractivity contribution < 1.29 is 14.3 Å². The summed E-state index contributed by atoms with van der Waals surface area (Å²) >= 11 is 11.6. The predicted octanol–water partition coefficient (Wildman–Crippen LogP) is 3.89. The molecular formula is C13H6Cl2N2O3. The second-order valence-electron chi connectivity index (χ2n) is 4.01. The molecule has 0 atom stereocenters. The Kier molecular flexibility index (Phi) is 3.08. The van der Waals surface area contributed by atoms with Crippen molar-refractivity contribution in [3.05, 3.63) is 46.2 Å². The Bertz CT molecular complexity index is 809. The molecule has 0 fully saturated rings. The summed E-state index contributed by atoms with van der Waals surface area (Å²) in [6.07, 6.45) is 0. The van der Waals surface area contributed by atoms with Gasteiger partial charge >= 0.3 is 5.97 Å². The molecule has 0 aliphatic heterocycles. The van der Waals surface area contributed by atoms with E-state index in [1.54, 1.807) is 18.2 Å². The van der Waals surface area contributed by atoms with E-state index in [4.69, 9.17) is 32.7 Å². The fourth-order valence-corrected chi connectivity index (χ4v) is 2.23. The number of pyridine rings is 1. The van der Waals surface area contributed by atoms with Gasteiger partial charge in [-0.15, -0.1) is 0 Å². The SMILES string of the molecule is O=C(O)c1ccc2nc(-c3cc(Cl)nc(Cl)c3)oc2c1. The van der Waals surface area contributed by atoms with Crippen LogP contribution in [-0.4, -0.2) is 21.0 Å². The largest absolute Gasteiger partial charge is 0.478 e. The molecule has 0 radical (unpaired) electrons. The molecule has 0 unspecified atom stereocenters. The first kappa shape index (κ1) is 12.9. The van der Waals surface area contributed by atoms with Gasteiger partial charge in [0.05, 0.1) is 5.56 Å². The summed E-state index contributed by atoms with van der Waals surface area (Å²) < 4.78 is 5.54. The van der Waals surface area contributed by atoms with Crippen LogP contribution in [0.3, 0.4) is 0 Å². The van der Waals surface area contributed by atoms with E-state index in [2.05, 4.69) is 9.97 Å². The zero-order valence-electron chi connectivity index (χ0n) is 9.80. The maximum atomic E-state index is 10.9. The second-order valence-corrected chi connectivity index (χ2v) is 4.78. The van der Waals surface area contributed by atoms with E-state index < -0.39 is 5.97 Å². The van der Waals surface area contributed by atoms with E-state index in [0.29, 0.717) is 22.6 Å². The number of aromatic carboxylic acids is 1. The minimum absolute atomic E-state index is 0.131. The first-order chi connectivity index (χ1) is 9.52. The van der Waals surface area contributed by atoms with Crippen LogP contribution < -0.4 is 0 Å². The number of carbonyl (C=O) groups is 1. The lowest BCUT2D eigenvalue weighted by atomic mass is 10.2. The van der Waals surface area contributed by atoms with Crippen LogP contribution in [0.4, 0.5) is 0 Å². The molecule has 1 aromatic carbocycles. The molecule has 20 heavy (non-hydrogen) atoms. The van der Waals surface area contributed by atoms with Gasteiger partial charge in [0.25, 0.3) is 0 Å². The predicted molar refractivity (Wildman–Crippen MR) is 74.2 cm³/mol. The Morgan fingerprint density at radius 3 is 2.45 bits per heavy atom. The van der Waals surface area contributed by atoms with Crippen LogP contribution in [-0.2, 0) is 0 Å². The zero-order chi connectivity index (χ0) is 14.3. The third-order valence-electron chi connectivity index (χ3n) is 2.65. The zero-order valence-corrected chi connectivity index (χ0v) is 11.3. The van der Waals surface area contributed by atoms with E-state index in [0.717, 1.165) is 0 Å². The molecule has 100 valence electrons. The van der Waals surface area contributed by atoms with E-state index >= 15 is 0 Å². The number of aromatic nitrogens is 2. The van der Waals surface area contributed by atoms with E-state index in [1.807, 2.05) is 0 Å². The minimum atomic E-state index is -1.03. The van der Waals surface area contributed by atoms with Crippen molar-refractivity contribution in [3.63, 3.8) is 0 Å². The van der Waals surface area contributed by atoms with Crippen LogP contribution in [0, 0.1) is 0 Å². The van der Waals surface area contributed by atoms with Gasteiger partial charge in [0.15, 0.2) is 5.58 Å². The molecule has 3 rings (SSSR count). The lowest BCUT2D eigenvalue weighted by molar-refractivity contribution is 0.0697. The molecule has 2 aromatic heterocycles. The average molecular weight is 309 g/mol. The summed E-state index contributed by atoms with van der Waals surface area (Å²) in [5.74, 6) is -0.728. The van der Waals surface area contributed by atoms with Gasteiger partial charge in [-0.05, 0) is 30.3 Å². The van der Waals surface area contributed by atoms with Crippen molar-refractivity contribution in [2.45, 2.75) is 0 Å². The summed E-state index contributed by atoms with van der Waals surface area (Å²) in [5.41, 5.74) is 1.63. The number of hydrogen-bond acceptors (Lipinski definition) is 4. The van der Waals surface area contributed by atoms with Gasteiger partial charge in [0.1, 0.15) is 15.8 Å². The highest BCUT2D eigenvalue weighted by atomic mass is 35.5. The van der Waals surface area contributed by atoms with Crippen LogP contribution in [0.2, 0.25) is 10.3 Å². The third kappa shape index (κ3) is 2.33. The minimum Gasteiger partial charge on any atom is -0.478 e. The van der Waals surface area contributed by atoms with Crippen molar-refractivity contribution >= 4 is 40.3 Å². The average Bonchev–Trinajstić information content (AvgIpc) is 2.80. The van der Waals surface area contributed by atoms with Crippen molar-refractivity contribution in [3.8, 4) is 11.5 Å². The fraction of sp³-hybridized carbons (Fsp3) is 0. The second kappa shape index (κ2) is 4.77. The summed E-state index contributed by atoms with van der Waals surface area (Å²) in [6.45, 7) is 0. The molecule has 1 N–H and O–H groups in total. The Balaban J connectivity index is 2.15. The topological polar surface area (TPSA) is 76.2 Å². The van der Waals surface area contributed by atoms with Gasteiger partial charge in [-0.1, -0.05) is 23.2 Å². The van der Waals surface area contributed by atoms with Gasteiger partial charge in [0.2, 0.25) is 5.89 Å². The van der Waals surface area contributed by atoms with Crippen LogP contribution in [0.5, 0.6) is 0 Å². The van der Waals surface area contributed by atoms with Gasteiger partial charge in [-0.25, -0.2) is 14.8 Å². The molecule has 7 heteroatoms. The van der Waals surface area contributed by atoms with Gasteiger partial charge in [-0.3, -0.25) is 0 Å². The fourth-order valence-electron chi connectivity index (χ4n) is 1.77. The molecule has 3 aromatic rings. The molecule has 2 heterocycles. The van der Waals surface area contributed by atoms with Crippen LogP contribution >= 0.6 is 23.2 Å². The standard InChI is InChI=1S/C13H6Cl2N2O3/c14-10-4-7(5-11(15)17-10)12-16-8-2-1-6(13(18)19)3-9(8)20-12/h1-5H,(H,18,19). The molecular weight excluding hydrogens is 303 g/mol. The monoisotopic (exact) mass is 308 g/mol. The number of nitrogens with zero attached hydrogens (tertiary/aromatic N) is 2. The molecule has 0 aliphatic rings. The first-order valence-electron chi connectivity index (χ1n) is 5.50. The van der Waals surface area contributed by atoms with Gasteiger partial charge < -0.3 is 9.52 Å². The van der Waals surface area contributed by atoms with Crippen molar-refractivity contribution in [2.24, 2.45) is 0 Å². The van der Waals surface area contributed by atoms with Crippen LogP contribution in [0.15, 0.2) is 34.7 Å². The number of hydrogen-bond donors (Lipinski definition) is 1. The quantitative estimate of drug-likeness (QED) is 0.727. The smallest absolute Gasteiger partial charge is 0.335 e. The van der Waals surface area contributed by atoms with Crippen molar-refractivity contribution in [1.82, 2.24) is 9.97 Å². The first-order valence-corrected chi connectivity index (χ1v) is 6.26. The van der Waals surface area contributed by atoms with E-state index in [-0.39, 0.29) is 15.9 Å². The number of fused-ring (bicyclic) bond motifs is 1. The highest BCUT2D eigenvalue weighted by Gasteiger charge is 2.12. The molecule has 0 aliphatic carbocycles. The molecule has 0 saturated carbocycles. The Labute approximate surface area is 122 Å². The molecule has 0 saturated heterocycles. The van der Waals surface area contributed by atoms with Crippen LogP contribution in [0.1, 0.15) is 10.4 Å². The number of benzene rings is 1. The van der Waals surface area contributed by atoms with Crippen molar-refractivity contribution in [1.29, 1.82) is 0 Å². The molecule has 0 amide bonds. The third-order valence-corrected chi connectivity index (χ3v) is 3.03. The summed E-state index contributed by atoms with van der Waals surface area (Å²) in [6, 6.07) is 7.59. The van der Waals surface area contributed by atoms with Gasteiger partial charge in [0, 0.05) is 5.56 Å². The Morgan fingerprint density at radius 2 is 1.80 bits per heavy atom. The normalized spacial score (nSPS) is 10.9. The van der Waals surface area contributed by atoms with E-state index in [1.165, 1.54) is 12.1 Å². The molecule has 5 nitrogen and oxygen atoms in total. The molecule has 0 spiro atoms.